The highest BCUT2D eigenvalue weighted by Gasteiger charge is 2.24. The van der Waals surface area contributed by atoms with Crippen LogP contribution in [-0.2, 0) is 17.6 Å². The van der Waals surface area contributed by atoms with Gasteiger partial charge in [-0.3, -0.25) is 14.6 Å². The zero-order valence-corrected chi connectivity index (χ0v) is 17.3. The third-order valence-electron chi connectivity index (χ3n) is 5.75. The van der Waals surface area contributed by atoms with Gasteiger partial charge in [-0.25, -0.2) is 0 Å². The quantitative estimate of drug-likeness (QED) is 0.577. The minimum absolute atomic E-state index is 0.0126. The molecule has 0 aliphatic heterocycles. The molecule has 31 heavy (non-hydrogen) atoms. The predicted molar refractivity (Wildman–Crippen MR) is 121 cm³/mol. The van der Waals surface area contributed by atoms with Crippen LogP contribution in [0.4, 0.5) is 5.69 Å². The molecule has 0 fully saturated rings. The molecule has 0 spiro atoms. The van der Waals surface area contributed by atoms with E-state index in [0.717, 1.165) is 24.8 Å². The standard InChI is InChI=1S/C25H26N4O2/c26-23(16-28-24(30)21-10-5-17-3-1-2-4-20(17)15-21)18-6-8-19(9-7-18)25(31)29-22-11-13-27-14-12-22/h1-4,6-9,11-14,21,23H,5,10,15-16,26H2,(H,28,30)(H,27,29,31). The molecule has 6 heteroatoms. The fourth-order valence-electron chi connectivity index (χ4n) is 3.91. The fraction of sp³-hybridized carbons (Fsp3) is 0.240. The Hall–Kier alpha value is -3.51. The molecule has 1 heterocycles. The Morgan fingerprint density at radius 2 is 1.71 bits per heavy atom. The number of aryl methyl sites for hydroxylation is 1. The van der Waals surface area contributed by atoms with Crippen molar-refractivity contribution in [2.45, 2.75) is 25.3 Å². The molecule has 2 aromatic carbocycles. The van der Waals surface area contributed by atoms with Crippen molar-refractivity contribution in [1.29, 1.82) is 0 Å². The number of aromatic nitrogens is 1. The van der Waals surface area contributed by atoms with E-state index in [0.29, 0.717) is 17.8 Å². The molecule has 0 saturated carbocycles. The largest absolute Gasteiger partial charge is 0.354 e. The van der Waals surface area contributed by atoms with Gasteiger partial charge >= 0.3 is 0 Å². The summed E-state index contributed by atoms with van der Waals surface area (Å²) in [4.78, 5) is 28.9. The van der Waals surface area contributed by atoms with Gasteiger partial charge in [-0.2, -0.15) is 0 Å². The second-order valence-corrected chi connectivity index (χ2v) is 7.87. The Morgan fingerprint density at radius 3 is 2.45 bits per heavy atom. The van der Waals surface area contributed by atoms with Gasteiger partial charge in [0, 0.05) is 42.1 Å². The summed E-state index contributed by atoms with van der Waals surface area (Å²) >= 11 is 0. The number of nitrogens with zero attached hydrogens (tertiary/aromatic N) is 1. The summed E-state index contributed by atoms with van der Waals surface area (Å²) in [6.45, 7) is 0.361. The number of carbonyl (C=O) groups excluding carboxylic acids is 2. The van der Waals surface area contributed by atoms with Gasteiger partial charge in [0.25, 0.3) is 5.91 Å². The molecular weight excluding hydrogens is 388 g/mol. The molecule has 2 atom stereocenters. The van der Waals surface area contributed by atoms with E-state index in [1.807, 2.05) is 24.3 Å². The van der Waals surface area contributed by atoms with Crippen molar-refractivity contribution in [3.8, 4) is 0 Å². The predicted octanol–water partition coefficient (Wildman–Crippen LogP) is 3.26. The van der Waals surface area contributed by atoms with Crippen LogP contribution in [0.25, 0.3) is 0 Å². The summed E-state index contributed by atoms with van der Waals surface area (Å²) in [5, 5.41) is 5.83. The third kappa shape index (κ3) is 5.16. The average molecular weight is 415 g/mol. The van der Waals surface area contributed by atoms with Gasteiger partial charge in [0.05, 0.1) is 0 Å². The fourth-order valence-corrected chi connectivity index (χ4v) is 3.91. The van der Waals surface area contributed by atoms with Gasteiger partial charge in [-0.1, -0.05) is 36.4 Å². The summed E-state index contributed by atoms with van der Waals surface area (Å²) in [5.74, 6) is -0.156. The topological polar surface area (TPSA) is 97.1 Å². The van der Waals surface area contributed by atoms with Crippen LogP contribution in [0, 0.1) is 5.92 Å². The van der Waals surface area contributed by atoms with Crippen LogP contribution in [0.15, 0.2) is 73.1 Å². The second kappa shape index (κ2) is 9.53. The summed E-state index contributed by atoms with van der Waals surface area (Å²) in [6, 6.07) is 18.6. The molecule has 158 valence electrons. The van der Waals surface area contributed by atoms with Gasteiger partial charge in [0.15, 0.2) is 0 Å². The first-order valence-electron chi connectivity index (χ1n) is 10.5. The molecule has 0 saturated heterocycles. The lowest BCUT2D eigenvalue weighted by Crippen LogP contribution is -2.38. The Kier molecular flexibility index (Phi) is 6.38. The molecule has 1 aromatic heterocycles. The lowest BCUT2D eigenvalue weighted by molar-refractivity contribution is -0.125. The lowest BCUT2D eigenvalue weighted by atomic mass is 9.83. The molecule has 4 rings (SSSR count). The summed E-state index contributed by atoms with van der Waals surface area (Å²) in [5.41, 5.74) is 11.0. The number of benzene rings is 2. The van der Waals surface area contributed by atoms with Crippen LogP contribution in [0.5, 0.6) is 0 Å². The zero-order valence-electron chi connectivity index (χ0n) is 17.3. The first-order chi connectivity index (χ1) is 15.1. The second-order valence-electron chi connectivity index (χ2n) is 7.87. The van der Waals surface area contributed by atoms with Crippen molar-refractivity contribution in [3.63, 3.8) is 0 Å². The normalized spacial score (nSPS) is 16.1. The number of rotatable bonds is 6. The van der Waals surface area contributed by atoms with E-state index in [1.54, 1.807) is 36.7 Å². The van der Waals surface area contributed by atoms with Gasteiger partial charge in [-0.05, 0) is 60.2 Å². The Morgan fingerprint density at radius 1 is 1.00 bits per heavy atom. The Bertz CT molecular complexity index is 1050. The number of anilines is 1. The van der Waals surface area contributed by atoms with Crippen molar-refractivity contribution in [2.24, 2.45) is 11.7 Å². The first kappa shape index (κ1) is 20.8. The van der Waals surface area contributed by atoms with E-state index >= 15 is 0 Å². The molecule has 2 amide bonds. The average Bonchev–Trinajstić information content (AvgIpc) is 2.82. The van der Waals surface area contributed by atoms with E-state index in [-0.39, 0.29) is 23.8 Å². The molecule has 1 aliphatic rings. The van der Waals surface area contributed by atoms with E-state index in [2.05, 4.69) is 27.8 Å². The van der Waals surface area contributed by atoms with Gasteiger partial charge < -0.3 is 16.4 Å². The first-order valence-corrected chi connectivity index (χ1v) is 10.5. The minimum Gasteiger partial charge on any atom is -0.354 e. The molecule has 3 aromatic rings. The van der Waals surface area contributed by atoms with Gasteiger partial charge in [0.1, 0.15) is 0 Å². The maximum Gasteiger partial charge on any atom is 0.255 e. The van der Waals surface area contributed by atoms with Crippen molar-refractivity contribution >= 4 is 17.5 Å². The van der Waals surface area contributed by atoms with Crippen LogP contribution in [0.3, 0.4) is 0 Å². The van der Waals surface area contributed by atoms with Gasteiger partial charge in [0.2, 0.25) is 5.91 Å². The molecule has 0 radical (unpaired) electrons. The molecular formula is C25H26N4O2. The number of amides is 2. The monoisotopic (exact) mass is 414 g/mol. The number of hydrogen-bond acceptors (Lipinski definition) is 4. The Labute approximate surface area is 181 Å². The van der Waals surface area contributed by atoms with Crippen molar-refractivity contribution < 1.29 is 9.59 Å². The molecule has 4 N–H and O–H groups in total. The van der Waals surface area contributed by atoms with E-state index in [4.69, 9.17) is 5.73 Å². The zero-order chi connectivity index (χ0) is 21.6. The van der Waals surface area contributed by atoms with Crippen LogP contribution in [-0.4, -0.2) is 23.3 Å². The van der Waals surface area contributed by atoms with E-state index in [1.165, 1.54) is 11.1 Å². The summed E-state index contributed by atoms with van der Waals surface area (Å²) in [7, 11) is 0. The number of nitrogens with one attached hydrogen (secondary N) is 2. The highest BCUT2D eigenvalue weighted by molar-refractivity contribution is 6.04. The smallest absolute Gasteiger partial charge is 0.255 e. The minimum atomic E-state index is -0.336. The maximum atomic E-state index is 12.6. The van der Waals surface area contributed by atoms with Gasteiger partial charge in [-0.15, -0.1) is 0 Å². The van der Waals surface area contributed by atoms with Crippen LogP contribution >= 0.6 is 0 Å². The van der Waals surface area contributed by atoms with Crippen molar-refractivity contribution in [2.75, 3.05) is 11.9 Å². The number of pyridine rings is 1. The summed E-state index contributed by atoms with van der Waals surface area (Å²) < 4.78 is 0. The Balaban J connectivity index is 1.29. The molecule has 0 bridgehead atoms. The van der Waals surface area contributed by atoms with E-state index in [9.17, 15) is 9.59 Å². The number of hydrogen-bond donors (Lipinski definition) is 3. The third-order valence-corrected chi connectivity index (χ3v) is 5.75. The van der Waals surface area contributed by atoms with Crippen molar-refractivity contribution in [1.82, 2.24) is 10.3 Å². The number of carbonyl (C=O) groups is 2. The van der Waals surface area contributed by atoms with Crippen LogP contribution in [0.1, 0.15) is 39.5 Å². The SMILES string of the molecule is NC(CNC(=O)C1CCc2ccccc2C1)c1ccc(C(=O)Nc2ccncc2)cc1. The number of fused-ring (bicyclic) bond motifs is 1. The van der Waals surface area contributed by atoms with E-state index < -0.39 is 0 Å². The maximum absolute atomic E-state index is 12.6. The lowest BCUT2D eigenvalue weighted by Gasteiger charge is -2.24. The van der Waals surface area contributed by atoms with Crippen molar-refractivity contribution in [3.05, 3.63) is 95.3 Å². The highest BCUT2D eigenvalue weighted by Crippen LogP contribution is 2.25. The van der Waals surface area contributed by atoms with Crippen LogP contribution in [0.2, 0.25) is 0 Å². The summed E-state index contributed by atoms with van der Waals surface area (Å²) in [6.07, 6.45) is 5.82. The highest BCUT2D eigenvalue weighted by atomic mass is 16.2. The molecule has 1 aliphatic carbocycles. The number of nitrogens with two attached hydrogens (primary N) is 1. The molecule has 2 unspecified atom stereocenters. The van der Waals surface area contributed by atoms with Crippen LogP contribution < -0.4 is 16.4 Å². The molecule has 6 nitrogen and oxygen atoms in total.